The zero-order valence-corrected chi connectivity index (χ0v) is 14.4. The molecular formula is C17H19N3O3S. The summed E-state index contributed by atoms with van der Waals surface area (Å²) in [5.41, 5.74) is 3.52. The third-order valence-corrected chi connectivity index (χ3v) is 4.81. The molecule has 0 saturated carbocycles. The summed E-state index contributed by atoms with van der Waals surface area (Å²) in [6, 6.07) is 6.96. The number of benzene rings is 1. The predicted molar refractivity (Wildman–Crippen MR) is 93.4 cm³/mol. The van der Waals surface area contributed by atoms with Crippen molar-refractivity contribution in [3.8, 4) is 16.9 Å². The molecule has 0 atom stereocenters. The first-order valence-corrected chi connectivity index (χ1v) is 9.24. The fourth-order valence-corrected chi connectivity index (χ4v) is 3.39. The van der Waals surface area contributed by atoms with E-state index in [1.807, 2.05) is 12.3 Å². The van der Waals surface area contributed by atoms with Crippen molar-refractivity contribution in [2.45, 2.75) is 25.2 Å². The first kappa shape index (κ1) is 16.5. The number of fused-ring (bicyclic) bond motifs is 1. The molecule has 3 aromatic rings. The summed E-state index contributed by atoms with van der Waals surface area (Å²) in [7, 11) is -3.88. The normalized spacial score (nSPS) is 11.8. The van der Waals surface area contributed by atoms with Gasteiger partial charge in [-0.05, 0) is 42.7 Å². The number of ether oxygens (including phenoxy) is 1. The van der Waals surface area contributed by atoms with Gasteiger partial charge in [-0.25, -0.2) is 18.5 Å². The number of primary sulfonamides is 1. The summed E-state index contributed by atoms with van der Waals surface area (Å²) in [6.07, 6.45) is 4.53. The van der Waals surface area contributed by atoms with Crippen molar-refractivity contribution in [2.75, 3.05) is 6.61 Å². The number of nitrogens with two attached hydrogens (primary N) is 1. The number of hydrogen-bond acceptors (Lipinski definition) is 4. The number of aromatic nitrogens is 2. The van der Waals surface area contributed by atoms with Gasteiger partial charge in [-0.1, -0.05) is 13.0 Å². The Kier molecular flexibility index (Phi) is 4.29. The van der Waals surface area contributed by atoms with Crippen LogP contribution in [-0.4, -0.2) is 25.0 Å². The molecule has 0 fully saturated rings. The van der Waals surface area contributed by atoms with Gasteiger partial charge >= 0.3 is 0 Å². The molecule has 2 heterocycles. The second-order valence-corrected chi connectivity index (χ2v) is 6.96. The number of H-pyrrole nitrogens is 1. The van der Waals surface area contributed by atoms with Crippen molar-refractivity contribution < 1.29 is 13.2 Å². The van der Waals surface area contributed by atoms with E-state index in [1.165, 1.54) is 6.07 Å². The molecule has 0 unspecified atom stereocenters. The smallest absolute Gasteiger partial charge is 0.241 e. The van der Waals surface area contributed by atoms with Crippen LogP contribution in [0.5, 0.6) is 5.75 Å². The van der Waals surface area contributed by atoms with E-state index in [4.69, 9.17) is 9.88 Å². The minimum absolute atomic E-state index is 0.0215. The number of aromatic amines is 1. The van der Waals surface area contributed by atoms with Crippen LogP contribution in [-0.2, 0) is 16.4 Å². The molecule has 0 aliphatic carbocycles. The SMILES string of the molecule is CCOc1ccc(-c2cnc3[nH]cc(CC)c3c2)cc1S(N)(=O)=O. The van der Waals surface area contributed by atoms with Gasteiger partial charge in [0.15, 0.2) is 0 Å². The number of nitrogens with one attached hydrogen (secondary N) is 1. The van der Waals surface area contributed by atoms with Gasteiger partial charge in [0.1, 0.15) is 16.3 Å². The molecular weight excluding hydrogens is 326 g/mol. The predicted octanol–water partition coefficient (Wildman–Crippen LogP) is 2.84. The summed E-state index contributed by atoms with van der Waals surface area (Å²) in [6.45, 7) is 4.22. The molecule has 7 heteroatoms. The molecule has 0 spiro atoms. The quantitative estimate of drug-likeness (QED) is 0.743. The van der Waals surface area contributed by atoms with Crippen LogP contribution < -0.4 is 9.88 Å². The Morgan fingerprint density at radius 2 is 2.00 bits per heavy atom. The first-order chi connectivity index (χ1) is 11.4. The number of pyridine rings is 1. The van der Waals surface area contributed by atoms with Crippen LogP contribution >= 0.6 is 0 Å². The number of hydrogen-bond donors (Lipinski definition) is 2. The van der Waals surface area contributed by atoms with Crippen molar-refractivity contribution in [1.29, 1.82) is 0 Å². The zero-order valence-electron chi connectivity index (χ0n) is 13.5. The van der Waals surface area contributed by atoms with Gasteiger partial charge in [0.2, 0.25) is 10.0 Å². The van der Waals surface area contributed by atoms with E-state index in [0.29, 0.717) is 6.61 Å². The average molecular weight is 345 g/mol. The van der Waals surface area contributed by atoms with E-state index < -0.39 is 10.0 Å². The highest BCUT2D eigenvalue weighted by molar-refractivity contribution is 7.89. The Balaban J connectivity index is 2.15. The number of sulfonamides is 1. The van der Waals surface area contributed by atoms with Crippen molar-refractivity contribution in [3.63, 3.8) is 0 Å². The third-order valence-electron chi connectivity index (χ3n) is 3.88. The van der Waals surface area contributed by atoms with E-state index in [2.05, 4.69) is 16.9 Å². The van der Waals surface area contributed by atoms with Gasteiger partial charge in [-0.15, -0.1) is 0 Å². The van der Waals surface area contributed by atoms with Gasteiger partial charge in [0, 0.05) is 23.3 Å². The number of nitrogens with zero attached hydrogens (tertiary/aromatic N) is 1. The summed E-state index contributed by atoms with van der Waals surface area (Å²) in [5, 5.41) is 6.35. The largest absolute Gasteiger partial charge is 0.492 e. The summed E-state index contributed by atoms with van der Waals surface area (Å²) < 4.78 is 29.1. The molecule has 2 aromatic heterocycles. The van der Waals surface area contributed by atoms with E-state index >= 15 is 0 Å². The van der Waals surface area contributed by atoms with E-state index in [0.717, 1.165) is 34.1 Å². The molecule has 0 saturated heterocycles. The van der Waals surface area contributed by atoms with Crippen LogP contribution in [0.2, 0.25) is 0 Å². The second-order valence-electron chi connectivity index (χ2n) is 5.43. The Bertz CT molecular complexity index is 993. The van der Waals surface area contributed by atoms with Gasteiger partial charge in [-0.2, -0.15) is 0 Å². The maximum Gasteiger partial charge on any atom is 0.241 e. The molecule has 3 N–H and O–H groups in total. The number of rotatable bonds is 5. The molecule has 0 aliphatic heterocycles. The highest BCUT2D eigenvalue weighted by Gasteiger charge is 2.17. The molecule has 24 heavy (non-hydrogen) atoms. The van der Waals surface area contributed by atoms with E-state index in [9.17, 15) is 8.42 Å². The summed E-state index contributed by atoms with van der Waals surface area (Å²) in [4.78, 5) is 7.52. The average Bonchev–Trinajstić information content (AvgIpc) is 2.96. The minimum atomic E-state index is -3.88. The van der Waals surface area contributed by atoms with E-state index in [-0.39, 0.29) is 10.6 Å². The molecule has 3 rings (SSSR count). The third kappa shape index (κ3) is 3.00. The van der Waals surface area contributed by atoms with Crippen LogP contribution in [0.3, 0.4) is 0 Å². The van der Waals surface area contributed by atoms with Gasteiger partial charge in [0.05, 0.1) is 6.61 Å². The topological polar surface area (TPSA) is 98.1 Å². The molecule has 1 aromatic carbocycles. The second kappa shape index (κ2) is 6.26. The molecule has 0 aliphatic rings. The van der Waals surface area contributed by atoms with Crippen LogP contribution in [0.4, 0.5) is 0 Å². The molecule has 0 amide bonds. The zero-order chi connectivity index (χ0) is 17.3. The highest BCUT2D eigenvalue weighted by atomic mass is 32.2. The van der Waals surface area contributed by atoms with Gasteiger partial charge in [-0.3, -0.25) is 0 Å². The lowest BCUT2D eigenvalue weighted by molar-refractivity contribution is 0.331. The van der Waals surface area contributed by atoms with Crippen molar-refractivity contribution in [1.82, 2.24) is 9.97 Å². The summed E-state index contributed by atoms with van der Waals surface area (Å²) >= 11 is 0. The Morgan fingerprint density at radius 1 is 1.21 bits per heavy atom. The lowest BCUT2D eigenvalue weighted by Gasteiger charge is -2.11. The van der Waals surface area contributed by atoms with Crippen LogP contribution in [0.25, 0.3) is 22.2 Å². The van der Waals surface area contributed by atoms with Crippen molar-refractivity contribution in [3.05, 3.63) is 42.2 Å². The van der Waals surface area contributed by atoms with Crippen molar-refractivity contribution >= 4 is 21.1 Å². The fraction of sp³-hybridized carbons (Fsp3) is 0.235. The molecule has 126 valence electrons. The number of aryl methyl sites for hydroxylation is 1. The molecule has 6 nitrogen and oxygen atoms in total. The first-order valence-electron chi connectivity index (χ1n) is 7.70. The Morgan fingerprint density at radius 3 is 2.67 bits per heavy atom. The van der Waals surface area contributed by atoms with Crippen molar-refractivity contribution in [2.24, 2.45) is 5.14 Å². The lowest BCUT2D eigenvalue weighted by atomic mass is 10.0. The molecule has 0 bridgehead atoms. The monoisotopic (exact) mass is 345 g/mol. The van der Waals surface area contributed by atoms with E-state index in [1.54, 1.807) is 25.3 Å². The highest BCUT2D eigenvalue weighted by Crippen LogP contribution is 2.31. The Labute approximate surface area is 140 Å². The summed E-state index contributed by atoms with van der Waals surface area (Å²) in [5.74, 6) is 0.258. The molecule has 0 radical (unpaired) electrons. The van der Waals surface area contributed by atoms with Gasteiger partial charge < -0.3 is 9.72 Å². The van der Waals surface area contributed by atoms with Crippen LogP contribution in [0, 0.1) is 0 Å². The lowest BCUT2D eigenvalue weighted by Crippen LogP contribution is -2.14. The Hall–Kier alpha value is -2.38. The standard InChI is InChI=1S/C17H19N3O3S/c1-3-11-9-19-17-14(11)7-13(10-20-17)12-5-6-15(23-4-2)16(8-12)24(18,21)22/h5-10H,3-4H2,1-2H3,(H,19,20)(H2,18,21,22). The minimum Gasteiger partial charge on any atom is -0.492 e. The maximum absolute atomic E-state index is 11.9. The van der Waals surface area contributed by atoms with Crippen LogP contribution in [0.15, 0.2) is 41.6 Å². The van der Waals surface area contributed by atoms with Crippen LogP contribution in [0.1, 0.15) is 19.4 Å². The maximum atomic E-state index is 11.9. The fourth-order valence-electron chi connectivity index (χ4n) is 2.69. The van der Waals surface area contributed by atoms with Gasteiger partial charge in [0.25, 0.3) is 0 Å².